The molecule has 0 aliphatic heterocycles. The van der Waals surface area contributed by atoms with E-state index in [1.807, 2.05) is 0 Å². The predicted molar refractivity (Wildman–Crippen MR) is 17.7 cm³/mol. The molecule has 0 unspecified atom stereocenters. The van der Waals surface area contributed by atoms with Gasteiger partial charge < -0.3 is 13.7 Å². The Bertz CT molecular complexity index is 73.3. The van der Waals surface area contributed by atoms with Crippen molar-refractivity contribution < 1.29 is 43.2 Å². The summed E-state index contributed by atoms with van der Waals surface area (Å²) in [7, 11) is -3.00. The van der Waals surface area contributed by atoms with Gasteiger partial charge in [-0.1, -0.05) is 6.58 Å². The van der Waals surface area contributed by atoms with Gasteiger partial charge in [0.05, 0.1) is 0 Å². The molecule has 0 bridgehead atoms. The molecule has 0 amide bonds. The molecule has 34 valence electrons. The molecule has 5 heteroatoms. The molecule has 0 aliphatic rings. The second kappa shape index (κ2) is 6.36. The molecule has 7 heavy (non-hydrogen) atoms. The van der Waals surface area contributed by atoms with Crippen molar-refractivity contribution in [2.75, 3.05) is 0 Å². The quantitative estimate of drug-likeness (QED) is 0.279. The van der Waals surface area contributed by atoms with Crippen LogP contribution < -0.4 is 34.4 Å². The molecule has 0 saturated heterocycles. The Morgan fingerprint density at radius 3 is 2.29 bits per heavy atom. The van der Waals surface area contributed by atoms with Crippen molar-refractivity contribution in [1.82, 2.24) is 0 Å². The summed E-state index contributed by atoms with van der Waals surface area (Å²) in [4.78, 5) is 9.38. The van der Waals surface area contributed by atoms with E-state index in [9.17, 15) is 9.26 Å². The third-order valence-corrected chi connectivity index (χ3v) is 0.539. The van der Waals surface area contributed by atoms with Gasteiger partial charge in [-0.15, -0.1) is 0 Å². The first-order valence-electron chi connectivity index (χ1n) is 1.26. The summed E-state index contributed by atoms with van der Waals surface area (Å²) in [5.41, 5.74) is 0. The van der Waals surface area contributed by atoms with Crippen LogP contribution in [0.1, 0.15) is 0 Å². The number of rotatable bonds is 2. The number of hydrogen-bond acceptors (Lipinski definition) is 3. The molecule has 0 fully saturated rings. The van der Waals surface area contributed by atoms with Gasteiger partial charge in [-0.3, -0.25) is 0 Å². The van der Waals surface area contributed by atoms with Crippen molar-refractivity contribution in [3.63, 3.8) is 0 Å². The number of hydrogen-bond donors (Lipinski definition) is 0. The van der Waals surface area contributed by atoms with E-state index in [2.05, 4.69) is 11.0 Å². The van der Waals surface area contributed by atoms with Gasteiger partial charge in [0.1, 0.15) is 0 Å². The first kappa shape index (κ1) is 10.4. The Morgan fingerprint density at radius 2 is 2.29 bits per heavy atom. The largest absolute Gasteiger partial charge is 1.00 e. The van der Waals surface area contributed by atoms with E-state index < -0.39 is 9.17 Å². The van der Waals surface area contributed by atoms with Gasteiger partial charge in [0.15, 0.2) is 0 Å². The minimum absolute atomic E-state index is 0. The second-order valence-electron chi connectivity index (χ2n) is 0.535. The van der Waals surface area contributed by atoms with Crippen LogP contribution in [-0.4, -0.2) is 9.17 Å². The molecular weight excluding hydrogens is 123 g/mol. The Labute approximate surface area is 65.2 Å². The third-order valence-electron chi connectivity index (χ3n) is 0.180. The molecule has 0 aliphatic carbocycles. The van der Waals surface area contributed by atoms with Crippen LogP contribution in [0.4, 0.5) is 0 Å². The average molecular weight is 126 g/mol. The summed E-state index contributed by atoms with van der Waals surface area (Å²) in [6.07, 6.45) is 0.869. The van der Waals surface area contributed by atoms with Crippen molar-refractivity contribution in [1.29, 1.82) is 0 Å². The normalized spacial score (nSPS) is 5.71. The van der Waals surface area contributed by atoms with Crippen LogP contribution in [0.5, 0.6) is 0 Å². The maximum atomic E-state index is 9.38. The average Bonchev–Trinajstić information content (AvgIpc) is 1.35. The SMILES string of the molecule is C=CO[Si](=O)[O-].[Na+]. The van der Waals surface area contributed by atoms with E-state index >= 15 is 0 Å². The van der Waals surface area contributed by atoms with Gasteiger partial charge in [0, 0.05) is 0 Å². The van der Waals surface area contributed by atoms with E-state index in [-0.39, 0.29) is 29.6 Å². The summed E-state index contributed by atoms with van der Waals surface area (Å²) >= 11 is 0. The Morgan fingerprint density at radius 1 is 1.86 bits per heavy atom. The molecule has 3 nitrogen and oxygen atoms in total. The minimum Gasteiger partial charge on any atom is -0.562 e. The first-order chi connectivity index (χ1) is 2.77. The maximum absolute atomic E-state index is 9.38. The summed E-state index contributed by atoms with van der Waals surface area (Å²) < 4.78 is 13.2. The monoisotopic (exact) mass is 126 g/mol. The smallest absolute Gasteiger partial charge is 0.562 e. The van der Waals surface area contributed by atoms with Gasteiger partial charge in [-0.25, -0.2) is 0 Å². The maximum Gasteiger partial charge on any atom is 1.00 e. The van der Waals surface area contributed by atoms with E-state index in [0.29, 0.717) is 0 Å². The van der Waals surface area contributed by atoms with Crippen LogP contribution in [-0.2, 0) is 8.89 Å². The van der Waals surface area contributed by atoms with Crippen molar-refractivity contribution in [3.8, 4) is 0 Å². The van der Waals surface area contributed by atoms with Crippen LogP contribution >= 0.6 is 0 Å². The molecular formula is C2H3NaO3Si. The topological polar surface area (TPSA) is 49.4 Å². The zero-order chi connectivity index (χ0) is 4.99. The van der Waals surface area contributed by atoms with Crippen LogP contribution in [0.25, 0.3) is 0 Å². The summed E-state index contributed by atoms with van der Waals surface area (Å²) in [5.74, 6) is 0. The molecule has 0 spiro atoms. The molecule has 0 heterocycles. The Balaban J connectivity index is 0. The molecule has 0 radical (unpaired) electrons. The minimum atomic E-state index is -3.00. The van der Waals surface area contributed by atoms with E-state index in [0.717, 1.165) is 6.26 Å². The molecule has 0 aromatic heterocycles. The van der Waals surface area contributed by atoms with E-state index in [1.54, 1.807) is 0 Å². The van der Waals surface area contributed by atoms with Crippen LogP contribution in [0.2, 0.25) is 0 Å². The van der Waals surface area contributed by atoms with Crippen molar-refractivity contribution in [2.24, 2.45) is 0 Å². The van der Waals surface area contributed by atoms with Gasteiger partial charge in [-0.2, -0.15) is 0 Å². The zero-order valence-corrected chi connectivity index (χ0v) is 7.01. The Kier molecular flexibility index (Phi) is 9.41. The third kappa shape index (κ3) is 10.7. The molecule has 0 rings (SSSR count). The van der Waals surface area contributed by atoms with Gasteiger partial charge in [0.2, 0.25) is 0 Å². The van der Waals surface area contributed by atoms with Crippen molar-refractivity contribution in [2.45, 2.75) is 0 Å². The molecule has 0 aromatic rings. The van der Waals surface area contributed by atoms with E-state index in [1.165, 1.54) is 0 Å². The van der Waals surface area contributed by atoms with Gasteiger partial charge >= 0.3 is 38.7 Å². The van der Waals surface area contributed by atoms with Crippen molar-refractivity contribution in [3.05, 3.63) is 12.8 Å². The van der Waals surface area contributed by atoms with Crippen LogP contribution in [0, 0.1) is 0 Å². The summed E-state index contributed by atoms with van der Waals surface area (Å²) in [6, 6.07) is 0. The van der Waals surface area contributed by atoms with Gasteiger partial charge in [0.25, 0.3) is 0 Å². The van der Waals surface area contributed by atoms with E-state index in [4.69, 9.17) is 0 Å². The van der Waals surface area contributed by atoms with Crippen molar-refractivity contribution >= 4 is 9.17 Å². The molecule has 0 atom stereocenters. The fourth-order valence-electron chi connectivity index (χ4n) is 0.0680. The van der Waals surface area contributed by atoms with Gasteiger partial charge in [-0.05, 0) is 6.26 Å². The fourth-order valence-corrected chi connectivity index (χ4v) is 0.204. The predicted octanol–water partition coefficient (Wildman–Crippen LogP) is -4.07. The summed E-state index contributed by atoms with van der Waals surface area (Å²) in [5, 5.41) is 0. The Hall–Kier alpha value is 0.357. The van der Waals surface area contributed by atoms with Crippen LogP contribution in [0.3, 0.4) is 0 Å². The van der Waals surface area contributed by atoms with Crippen LogP contribution in [0.15, 0.2) is 12.8 Å². The fraction of sp³-hybridized carbons (Fsp3) is 0. The molecule has 0 N–H and O–H groups in total. The second-order valence-corrected chi connectivity index (χ2v) is 1.27. The zero-order valence-electron chi connectivity index (χ0n) is 4.01. The molecule has 0 saturated carbocycles. The first-order valence-corrected chi connectivity index (χ1v) is 2.48. The summed E-state index contributed by atoms with van der Waals surface area (Å²) in [6.45, 7) is 3.00. The molecule has 0 aromatic carbocycles. The standard InChI is InChI=1S/C2H3O3Si.Na/c1-2-5-6(3)4;/h2H,1H2;/q-1;+1.